The average Bonchev–Trinajstić information content (AvgIpc) is 2.83. The minimum absolute atomic E-state index is 0.0498. The van der Waals surface area contributed by atoms with E-state index in [4.69, 9.17) is 9.57 Å². The molecule has 0 saturated heterocycles. The fourth-order valence-corrected chi connectivity index (χ4v) is 11.0. The van der Waals surface area contributed by atoms with E-state index in [0.717, 1.165) is 57.8 Å². The molecule has 5 aliphatic carbocycles. The molecule has 0 aromatic rings. The maximum atomic E-state index is 14.5. The van der Waals surface area contributed by atoms with Gasteiger partial charge in [0, 0.05) is 23.7 Å². The average molecular weight is 542 g/mol. The van der Waals surface area contributed by atoms with Gasteiger partial charge in [-0.3, -0.25) is 19.2 Å². The molecule has 1 amide bonds. The molecule has 39 heavy (non-hydrogen) atoms. The Morgan fingerprint density at radius 3 is 2.23 bits per heavy atom. The first-order valence-corrected chi connectivity index (χ1v) is 15.3. The SMILES string of the molecule is CONC(=O)[C@@]1(C)CC[C@]2(C)CC[C@]3(C)C(=CC(=O)[C@@H]4[C@@]5(C)CC[C@@H](OC(C)=O)C(C)(C)C5CC[C@]43C)[C@@H]2C1. The third-order valence-corrected chi connectivity index (χ3v) is 13.6. The van der Waals surface area contributed by atoms with Crippen molar-refractivity contribution in [1.29, 1.82) is 0 Å². The molecular weight excluding hydrogens is 490 g/mol. The van der Waals surface area contributed by atoms with Crippen molar-refractivity contribution in [2.24, 2.45) is 50.2 Å². The van der Waals surface area contributed by atoms with E-state index in [9.17, 15) is 14.4 Å². The number of amides is 1. The van der Waals surface area contributed by atoms with Crippen LogP contribution < -0.4 is 5.48 Å². The molecule has 0 aliphatic heterocycles. The van der Waals surface area contributed by atoms with Gasteiger partial charge in [0.1, 0.15) is 6.10 Å². The number of allylic oxidation sites excluding steroid dienone is 2. The van der Waals surface area contributed by atoms with Gasteiger partial charge in [0.05, 0.1) is 7.11 Å². The van der Waals surface area contributed by atoms with Crippen molar-refractivity contribution < 1.29 is 24.0 Å². The summed E-state index contributed by atoms with van der Waals surface area (Å²) in [6, 6.07) is 0. The van der Waals surface area contributed by atoms with Crippen molar-refractivity contribution in [2.45, 2.75) is 119 Å². The van der Waals surface area contributed by atoms with Crippen molar-refractivity contribution in [3.8, 4) is 0 Å². The molecule has 0 spiro atoms. The van der Waals surface area contributed by atoms with Crippen molar-refractivity contribution in [3.63, 3.8) is 0 Å². The lowest BCUT2D eigenvalue weighted by molar-refractivity contribution is -0.210. The Labute approximate surface area is 235 Å². The number of nitrogens with one attached hydrogen (secondary N) is 1. The largest absolute Gasteiger partial charge is 0.462 e. The van der Waals surface area contributed by atoms with E-state index in [2.05, 4.69) is 60.0 Å². The lowest BCUT2D eigenvalue weighted by Crippen LogP contribution is -2.66. The first-order chi connectivity index (χ1) is 18.0. The van der Waals surface area contributed by atoms with Gasteiger partial charge in [0.15, 0.2) is 5.78 Å². The Hall–Kier alpha value is -1.69. The van der Waals surface area contributed by atoms with Crippen molar-refractivity contribution >= 4 is 17.7 Å². The van der Waals surface area contributed by atoms with E-state index < -0.39 is 5.41 Å². The second-order valence-electron chi connectivity index (χ2n) is 15.8. The van der Waals surface area contributed by atoms with Crippen LogP contribution in [0.5, 0.6) is 0 Å². The number of ketones is 1. The van der Waals surface area contributed by atoms with E-state index in [-0.39, 0.29) is 62.7 Å². The minimum atomic E-state index is -0.511. The van der Waals surface area contributed by atoms with Gasteiger partial charge in [-0.25, -0.2) is 5.48 Å². The molecule has 4 fully saturated rings. The molecule has 5 rings (SSSR count). The highest BCUT2D eigenvalue weighted by Gasteiger charge is 2.70. The van der Waals surface area contributed by atoms with Gasteiger partial charge in [-0.1, -0.05) is 54.0 Å². The summed E-state index contributed by atoms with van der Waals surface area (Å²) in [6.07, 6.45) is 10.5. The number of rotatable bonds is 3. The zero-order valence-electron chi connectivity index (χ0n) is 25.8. The van der Waals surface area contributed by atoms with Crippen molar-refractivity contribution in [1.82, 2.24) is 5.48 Å². The van der Waals surface area contributed by atoms with Crippen molar-refractivity contribution in [2.75, 3.05) is 7.11 Å². The molecule has 0 radical (unpaired) electrons. The summed E-state index contributed by atoms with van der Waals surface area (Å²) < 4.78 is 5.84. The van der Waals surface area contributed by atoms with E-state index in [1.54, 1.807) is 0 Å². The molecule has 1 unspecified atom stereocenters. The zero-order chi connectivity index (χ0) is 28.8. The molecule has 9 atom stereocenters. The highest BCUT2D eigenvalue weighted by molar-refractivity contribution is 5.95. The predicted octanol–water partition coefficient (Wildman–Crippen LogP) is 6.58. The summed E-state index contributed by atoms with van der Waals surface area (Å²) in [7, 11) is 1.49. The van der Waals surface area contributed by atoms with Gasteiger partial charge in [-0.2, -0.15) is 0 Å². The van der Waals surface area contributed by atoms with Gasteiger partial charge in [-0.05, 0) is 97.4 Å². The van der Waals surface area contributed by atoms with E-state index in [1.165, 1.54) is 19.6 Å². The predicted molar refractivity (Wildman–Crippen MR) is 150 cm³/mol. The summed E-state index contributed by atoms with van der Waals surface area (Å²) in [5, 5.41) is 0. The summed E-state index contributed by atoms with van der Waals surface area (Å²) in [4.78, 5) is 44.5. The van der Waals surface area contributed by atoms with Crippen LogP contribution in [0.25, 0.3) is 0 Å². The van der Waals surface area contributed by atoms with Crippen LogP contribution in [-0.4, -0.2) is 30.9 Å². The lowest BCUT2D eigenvalue weighted by Gasteiger charge is -2.70. The summed E-state index contributed by atoms with van der Waals surface area (Å²) in [6.45, 7) is 17.7. The van der Waals surface area contributed by atoms with Crippen molar-refractivity contribution in [3.05, 3.63) is 11.6 Å². The molecule has 0 aromatic heterocycles. The number of ether oxygens (including phenoxy) is 1. The number of carbonyl (C=O) groups excluding carboxylic acids is 3. The quantitative estimate of drug-likeness (QED) is 0.323. The van der Waals surface area contributed by atoms with E-state index in [0.29, 0.717) is 5.92 Å². The van der Waals surface area contributed by atoms with E-state index >= 15 is 0 Å². The summed E-state index contributed by atoms with van der Waals surface area (Å²) in [5.74, 6) is 0.498. The Kier molecular flexibility index (Phi) is 6.58. The fraction of sp³-hybridized carbons (Fsp3) is 0.848. The number of hydroxylamine groups is 1. The number of esters is 1. The maximum Gasteiger partial charge on any atom is 0.302 e. The van der Waals surface area contributed by atoms with Crippen LogP contribution in [0.15, 0.2) is 11.6 Å². The molecule has 0 heterocycles. The topological polar surface area (TPSA) is 81.7 Å². The van der Waals surface area contributed by atoms with Gasteiger partial charge in [0.2, 0.25) is 5.91 Å². The standard InChI is InChI=1S/C33H51NO5/c1-20(35)39-25-11-12-31(6)24(28(25,2)3)10-13-33(8)26(31)23(36)18-21-22-19-30(5,27(37)34-38-9)15-14-29(22,4)16-17-32(21,33)7/h18,22,24-26H,10-17,19H2,1-9H3,(H,34,37)/t22-,24?,25+,26+,29+,30-,31-,32+,33+/m0/s1. The Bertz CT molecular complexity index is 1110. The Balaban J connectivity index is 1.56. The van der Waals surface area contributed by atoms with Crippen LogP contribution in [-0.2, 0) is 24.0 Å². The van der Waals surface area contributed by atoms with Gasteiger partial charge in [0.25, 0.3) is 0 Å². The lowest BCUT2D eigenvalue weighted by atomic mass is 9.33. The molecule has 6 heteroatoms. The van der Waals surface area contributed by atoms with Crippen LogP contribution in [0.2, 0.25) is 0 Å². The van der Waals surface area contributed by atoms with Crippen LogP contribution in [0.3, 0.4) is 0 Å². The molecule has 0 aromatic carbocycles. The van der Waals surface area contributed by atoms with Crippen LogP contribution in [0, 0.1) is 50.2 Å². The van der Waals surface area contributed by atoms with Gasteiger partial charge in [-0.15, -0.1) is 0 Å². The normalized spacial score (nSPS) is 48.4. The minimum Gasteiger partial charge on any atom is -0.462 e. The van der Waals surface area contributed by atoms with E-state index in [1.807, 2.05) is 0 Å². The van der Waals surface area contributed by atoms with Gasteiger partial charge >= 0.3 is 5.97 Å². The number of hydrogen-bond acceptors (Lipinski definition) is 5. The fourth-order valence-electron chi connectivity index (χ4n) is 11.0. The molecule has 5 aliphatic rings. The Morgan fingerprint density at radius 2 is 1.59 bits per heavy atom. The number of fused-ring (bicyclic) bond motifs is 7. The van der Waals surface area contributed by atoms with Crippen LogP contribution >= 0.6 is 0 Å². The second-order valence-corrected chi connectivity index (χ2v) is 15.8. The van der Waals surface area contributed by atoms with Crippen LogP contribution in [0.1, 0.15) is 113 Å². The highest BCUT2D eigenvalue weighted by Crippen LogP contribution is 2.75. The zero-order valence-corrected chi connectivity index (χ0v) is 25.8. The first kappa shape index (κ1) is 28.8. The molecular formula is C33H51NO5. The third-order valence-electron chi connectivity index (χ3n) is 13.6. The molecule has 6 nitrogen and oxygen atoms in total. The third kappa shape index (κ3) is 3.85. The number of carbonyl (C=O) groups is 3. The van der Waals surface area contributed by atoms with Crippen LogP contribution in [0.4, 0.5) is 0 Å². The maximum absolute atomic E-state index is 14.5. The molecule has 0 bridgehead atoms. The van der Waals surface area contributed by atoms with Gasteiger partial charge < -0.3 is 4.74 Å². The first-order valence-electron chi connectivity index (χ1n) is 15.3. The molecule has 218 valence electrons. The summed E-state index contributed by atoms with van der Waals surface area (Å²) >= 11 is 0. The highest BCUT2D eigenvalue weighted by atomic mass is 16.6. The number of hydrogen-bond donors (Lipinski definition) is 1. The molecule has 1 N–H and O–H groups in total. The Morgan fingerprint density at radius 1 is 0.923 bits per heavy atom. The second kappa shape index (κ2) is 8.90. The molecule has 4 saturated carbocycles. The summed E-state index contributed by atoms with van der Waals surface area (Å²) in [5.41, 5.74) is 2.95. The monoisotopic (exact) mass is 541 g/mol. The smallest absolute Gasteiger partial charge is 0.302 e.